The molecule has 2 aromatic heterocycles. The number of fused-ring (bicyclic) bond motifs is 1. The van der Waals surface area contributed by atoms with E-state index in [-0.39, 0.29) is 17.4 Å². The Morgan fingerprint density at radius 2 is 2.10 bits per heavy atom. The fourth-order valence-corrected chi connectivity index (χ4v) is 2.43. The number of pyridine rings is 1. The number of imidazole rings is 1. The normalized spacial score (nSPS) is 16.1. The van der Waals surface area contributed by atoms with Crippen LogP contribution < -0.4 is 10.2 Å². The van der Waals surface area contributed by atoms with Gasteiger partial charge in [-0.2, -0.15) is 0 Å². The number of carbonyl (C=O) groups is 1. The summed E-state index contributed by atoms with van der Waals surface area (Å²) in [4.78, 5) is 23.1. The summed E-state index contributed by atoms with van der Waals surface area (Å²) in [7, 11) is 1.97. The van der Waals surface area contributed by atoms with Crippen LogP contribution in [0.3, 0.4) is 0 Å². The molecule has 1 aliphatic rings. The van der Waals surface area contributed by atoms with Gasteiger partial charge in [0.15, 0.2) is 5.65 Å². The first-order valence-electron chi connectivity index (χ1n) is 7.19. The molecule has 0 aromatic carbocycles. The van der Waals surface area contributed by atoms with E-state index >= 15 is 0 Å². The van der Waals surface area contributed by atoms with Crippen LogP contribution in [0.15, 0.2) is 18.3 Å². The maximum Gasteiger partial charge on any atom is 0.225 e. The van der Waals surface area contributed by atoms with E-state index in [4.69, 9.17) is 0 Å². The maximum atomic E-state index is 12.0. The van der Waals surface area contributed by atoms with Crippen LogP contribution >= 0.6 is 0 Å². The van der Waals surface area contributed by atoms with Crippen LogP contribution in [0.25, 0.3) is 11.2 Å². The molecule has 21 heavy (non-hydrogen) atoms. The summed E-state index contributed by atoms with van der Waals surface area (Å²) in [5.74, 6) is 1.00. The Bertz CT molecular complexity index is 679. The molecule has 1 fully saturated rings. The Kier molecular flexibility index (Phi) is 3.11. The van der Waals surface area contributed by atoms with E-state index in [1.165, 1.54) is 0 Å². The summed E-state index contributed by atoms with van der Waals surface area (Å²) < 4.78 is 2.00. The molecule has 2 aromatic rings. The number of aromatic nitrogens is 3. The Morgan fingerprint density at radius 3 is 2.71 bits per heavy atom. The Hall–Kier alpha value is -2.11. The van der Waals surface area contributed by atoms with Gasteiger partial charge in [0.05, 0.1) is 6.04 Å². The van der Waals surface area contributed by atoms with Crippen LogP contribution in [0, 0.1) is 5.41 Å². The van der Waals surface area contributed by atoms with Crippen molar-refractivity contribution in [2.24, 2.45) is 12.5 Å². The van der Waals surface area contributed by atoms with Crippen molar-refractivity contribution in [2.45, 2.75) is 26.8 Å². The number of hydrogen-bond donors (Lipinski definition) is 1. The predicted octanol–water partition coefficient (Wildman–Crippen LogP) is 1.32. The van der Waals surface area contributed by atoms with Gasteiger partial charge < -0.3 is 10.2 Å². The summed E-state index contributed by atoms with van der Waals surface area (Å²) >= 11 is 0. The zero-order valence-electron chi connectivity index (χ0n) is 12.9. The van der Waals surface area contributed by atoms with E-state index in [1.54, 1.807) is 6.20 Å². The zero-order chi connectivity index (χ0) is 15.2. The van der Waals surface area contributed by atoms with Crippen LogP contribution in [-0.2, 0) is 11.8 Å². The summed E-state index contributed by atoms with van der Waals surface area (Å²) in [5, 5.41) is 3.08. The topological polar surface area (TPSA) is 63.0 Å². The van der Waals surface area contributed by atoms with Crippen molar-refractivity contribution < 1.29 is 4.79 Å². The largest absolute Gasteiger partial charge is 0.349 e. The van der Waals surface area contributed by atoms with E-state index in [2.05, 4.69) is 20.2 Å². The third-order valence-corrected chi connectivity index (χ3v) is 3.79. The highest BCUT2D eigenvalue weighted by Crippen LogP contribution is 2.24. The number of aryl methyl sites for hydroxylation is 1. The second-order valence-corrected chi connectivity index (χ2v) is 6.64. The lowest BCUT2D eigenvalue weighted by Crippen LogP contribution is -2.61. The molecule has 0 unspecified atom stereocenters. The number of anilines is 1. The van der Waals surface area contributed by atoms with Crippen molar-refractivity contribution in [1.82, 2.24) is 19.9 Å². The Labute approximate surface area is 124 Å². The monoisotopic (exact) mass is 287 g/mol. The molecule has 0 radical (unpaired) electrons. The minimum atomic E-state index is -0.345. The lowest BCUT2D eigenvalue weighted by molar-refractivity contribution is -0.129. The molecule has 1 N–H and O–H groups in total. The van der Waals surface area contributed by atoms with Crippen LogP contribution in [-0.4, -0.2) is 39.6 Å². The highest BCUT2D eigenvalue weighted by atomic mass is 16.2. The van der Waals surface area contributed by atoms with E-state index in [0.717, 1.165) is 30.2 Å². The number of rotatable bonds is 2. The van der Waals surface area contributed by atoms with Crippen molar-refractivity contribution in [2.75, 3.05) is 18.0 Å². The quantitative estimate of drug-likeness (QED) is 0.905. The summed E-state index contributed by atoms with van der Waals surface area (Å²) in [5.41, 5.74) is 1.44. The molecular formula is C15H21N5O. The summed E-state index contributed by atoms with van der Waals surface area (Å²) in [6, 6.07) is 4.05. The van der Waals surface area contributed by atoms with Crippen LogP contribution in [0.1, 0.15) is 20.8 Å². The average Bonchev–Trinajstić information content (AvgIpc) is 2.70. The average molecular weight is 287 g/mol. The van der Waals surface area contributed by atoms with Crippen molar-refractivity contribution in [3.05, 3.63) is 18.3 Å². The molecule has 112 valence electrons. The highest BCUT2D eigenvalue weighted by Gasteiger charge is 2.33. The molecule has 6 heteroatoms. The molecule has 0 atom stereocenters. The lowest BCUT2D eigenvalue weighted by Gasteiger charge is -2.41. The molecular weight excluding hydrogens is 266 g/mol. The lowest BCUT2D eigenvalue weighted by atomic mass is 9.94. The maximum absolute atomic E-state index is 12.0. The SMILES string of the molecule is Cn1c(N2CC(NC(=O)C(C)(C)C)C2)nc2cccnc21. The number of amides is 1. The van der Waals surface area contributed by atoms with E-state index in [1.807, 2.05) is 44.5 Å². The highest BCUT2D eigenvalue weighted by molar-refractivity contribution is 5.82. The Balaban J connectivity index is 1.68. The van der Waals surface area contributed by atoms with Gasteiger partial charge in [-0.05, 0) is 12.1 Å². The van der Waals surface area contributed by atoms with Gasteiger partial charge in [0.2, 0.25) is 11.9 Å². The van der Waals surface area contributed by atoms with E-state index < -0.39 is 0 Å². The number of nitrogens with one attached hydrogen (secondary N) is 1. The summed E-state index contributed by atoms with van der Waals surface area (Å²) in [6.45, 7) is 7.36. The molecule has 1 saturated heterocycles. The second kappa shape index (κ2) is 4.72. The number of hydrogen-bond acceptors (Lipinski definition) is 4. The number of nitrogens with zero attached hydrogens (tertiary/aromatic N) is 4. The van der Waals surface area contributed by atoms with Gasteiger partial charge in [-0.3, -0.25) is 9.36 Å². The molecule has 0 bridgehead atoms. The molecule has 1 amide bonds. The van der Waals surface area contributed by atoms with Gasteiger partial charge >= 0.3 is 0 Å². The third-order valence-electron chi connectivity index (χ3n) is 3.79. The van der Waals surface area contributed by atoms with Gasteiger partial charge in [0.25, 0.3) is 0 Å². The molecule has 0 aliphatic carbocycles. The van der Waals surface area contributed by atoms with Gasteiger partial charge in [0.1, 0.15) is 5.52 Å². The van der Waals surface area contributed by atoms with Crippen molar-refractivity contribution in [1.29, 1.82) is 0 Å². The fourth-order valence-electron chi connectivity index (χ4n) is 2.43. The van der Waals surface area contributed by atoms with E-state index in [0.29, 0.717) is 0 Å². The molecule has 6 nitrogen and oxygen atoms in total. The molecule has 0 saturated carbocycles. The van der Waals surface area contributed by atoms with Crippen LogP contribution in [0.4, 0.5) is 5.95 Å². The standard InChI is InChI=1S/C15H21N5O/c1-15(2,3)13(21)17-10-8-20(9-10)14-18-11-6-5-7-16-12(11)19(14)4/h5-7,10H,8-9H2,1-4H3,(H,17,21). The fraction of sp³-hybridized carbons (Fsp3) is 0.533. The second-order valence-electron chi connectivity index (χ2n) is 6.64. The van der Waals surface area contributed by atoms with Gasteiger partial charge in [-0.1, -0.05) is 20.8 Å². The number of carbonyl (C=O) groups excluding carboxylic acids is 1. The molecule has 0 spiro atoms. The van der Waals surface area contributed by atoms with Gasteiger partial charge in [0, 0.05) is 31.7 Å². The van der Waals surface area contributed by atoms with Crippen LogP contribution in [0.5, 0.6) is 0 Å². The summed E-state index contributed by atoms with van der Waals surface area (Å²) in [6.07, 6.45) is 1.77. The van der Waals surface area contributed by atoms with Crippen molar-refractivity contribution in [3.8, 4) is 0 Å². The molecule has 3 rings (SSSR count). The van der Waals surface area contributed by atoms with Crippen molar-refractivity contribution >= 4 is 23.0 Å². The Morgan fingerprint density at radius 1 is 1.38 bits per heavy atom. The minimum absolute atomic E-state index is 0.0961. The third kappa shape index (κ3) is 2.46. The van der Waals surface area contributed by atoms with Crippen molar-refractivity contribution in [3.63, 3.8) is 0 Å². The molecule has 1 aliphatic heterocycles. The smallest absolute Gasteiger partial charge is 0.225 e. The van der Waals surface area contributed by atoms with Gasteiger partial charge in [-0.25, -0.2) is 9.97 Å². The van der Waals surface area contributed by atoms with Gasteiger partial charge in [-0.15, -0.1) is 0 Å². The first-order valence-corrected chi connectivity index (χ1v) is 7.19. The zero-order valence-corrected chi connectivity index (χ0v) is 12.9. The van der Waals surface area contributed by atoms with Crippen LogP contribution in [0.2, 0.25) is 0 Å². The first kappa shape index (κ1) is 13.9. The van der Waals surface area contributed by atoms with E-state index in [9.17, 15) is 4.79 Å². The predicted molar refractivity (Wildman–Crippen MR) is 82.1 cm³/mol. The minimum Gasteiger partial charge on any atom is -0.349 e. The molecule has 3 heterocycles. The first-order chi connectivity index (χ1) is 9.86.